The molecule has 2 saturated heterocycles. The summed E-state index contributed by atoms with van der Waals surface area (Å²) < 4.78 is 14.0. The van der Waals surface area contributed by atoms with E-state index in [2.05, 4.69) is 48.4 Å². The topological polar surface area (TPSA) is 71.9 Å². The van der Waals surface area contributed by atoms with Crippen LogP contribution < -0.4 is 20.4 Å². The van der Waals surface area contributed by atoms with Crippen molar-refractivity contribution in [2.75, 3.05) is 62.7 Å². The number of likely N-dealkylation sites (N-methyl/N-ethyl adjacent to an activating group) is 1. The quantitative estimate of drug-likeness (QED) is 0.315. The highest BCUT2D eigenvalue weighted by atomic mass is 127. The minimum atomic E-state index is -0.278. The summed E-state index contributed by atoms with van der Waals surface area (Å²) in [4.78, 5) is 19.9. The summed E-state index contributed by atoms with van der Waals surface area (Å²) >= 11 is 0. The van der Waals surface area contributed by atoms with Gasteiger partial charge >= 0.3 is 0 Å². The Balaban J connectivity index is 0.00000306. The number of aliphatic imine (C=N–C) groups is 1. The molecule has 8 nitrogen and oxygen atoms in total. The van der Waals surface area contributed by atoms with Gasteiger partial charge in [-0.05, 0) is 42.8 Å². The normalized spacial score (nSPS) is 19.4. The number of aromatic nitrogens is 2. The van der Waals surface area contributed by atoms with Crippen LogP contribution in [0, 0.1) is 5.82 Å². The number of hydrogen-bond acceptors (Lipinski definition) is 6. The van der Waals surface area contributed by atoms with Crippen LogP contribution in [-0.4, -0.2) is 79.7 Å². The molecule has 0 bridgehead atoms. The summed E-state index contributed by atoms with van der Waals surface area (Å²) in [6.07, 6.45) is 4.41. The molecule has 2 aromatic rings. The molecule has 4 rings (SSSR count). The predicted octanol–water partition coefficient (Wildman–Crippen LogP) is 2.32. The minimum absolute atomic E-state index is 0. The van der Waals surface area contributed by atoms with Crippen molar-refractivity contribution in [1.82, 2.24) is 25.5 Å². The predicted molar refractivity (Wildman–Crippen MR) is 142 cm³/mol. The molecule has 0 aromatic carbocycles. The molecule has 0 saturated carbocycles. The van der Waals surface area contributed by atoms with Gasteiger partial charge in [0, 0.05) is 71.3 Å². The van der Waals surface area contributed by atoms with Gasteiger partial charge in [0.15, 0.2) is 17.6 Å². The molecular weight excluding hydrogens is 534 g/mol. The molecule has 2 N–H and O–H groups in total. The Kier molecular flexibility index (Phi) is 9.48. The summed E-state index contributed by atoms with van der Waals surface area (Å²) in [5.74, 6) is 1.92. The first-order valence-corrected chi connectivity index (χ1v) is 11.4. The van der Waals surface area contributed by atoms with Crippen molar-refractivity contribution in [3.05, 3.63) is 48.0 Å². The van der Waals surface area contributed by atoms with Crippen LogP contribution in [0.3, 0.4) is 0 Å². The average molecular weight is 568 g/mol. The number of rotatable bonds is 6. The lowest BCUT2D eigenvalue weighted by molar-refractivity contribution is 0.270. The third kappa shape index (κ3) is 6.66. The summed E-state index contributed by atoms with van der Waals surface area (Å²) in [6.45, 7) is 9.62. The maximum atomic E-state index is 14.0. The van der Waals surface area contributed by atoms with Crippen LogP contribution in [0.1, 0.15) is 18.9 Å². The Labute approximate surface area is 212 Å². The molecule has 10 heteroatoms. The van der Waals surface area contributed by atoms with E-state index in [0.717, 1.165) is 57.5 Å². The highest BCUT2D eigenvalue weighted by molar-refractivity contribution is 14.0. The van der Waals surface area contributed by atoms with Crippen molar-refractivity contribution >= 4 is 41.6 Å². The number of guanidine groups is 1. The van der Waals surface area contributed by atoms with Crippen LogP contribution in [0.15, 0.2) is 41.7 Å². The van der Waals surface area contributed by atoms with E-state index in [0.29, 0.717) is 18.9 Å². The van der Waals surface area contributed by atoms with Crippen molar-refractivity contribution in [1.29, 1.82) is 0 Å². The Hall–Kier alpha value is -2.21. The molecule has 0 radical (unpaired) electrons. The number of hydrogen-bond donors (Lipinski definition) is 2. The van der Waals surface area contributed by atoms with E-state index in [1.807, 2.05) is 17.2 Å². The largest absolute Gasteiger partial charge is 0.354 e. The van der Waals surface area contributed by atoms with E-state index in [1.54, 1.807) is 19.3 Å². The third-order valence-electron chi connectivity index (χ3n) is 6.20. The first-order chi connectivity index (χ1) is 15.7. The molecule has 2 aliphatic heterocycles. The zero-order chi connectivity index (χ0) is 22.3. The first kappa shape index (κ1) is 25.4. The molecule has 33 heavy (non-hydrogen) atoms. The van der Waals surface area contributed by atoms with Crippen LogP contribution >= 0.6 is 24.0 Å². The SMILES string of the molecule is CCN1CCN(c2cc(CNC(=NC)NC3CCN(c4ncccc4F)C3)ccn2)CC1.I. The minimum Gasteiger partial charge on any atom is -0.354 e. The van der Waals surface area contributed by atoms with Crippen LogP contribution in [-0.2, 0) is 6.54 Å². The van der Waals surface area contributed by atoms with Crippen molar-refractivity contribution in [2.24, 2.45) is 4.99 Å². The van der Waals surface area contributed by atoms with E-state index in [9.17, 15) is 4.39 Å². The molecule has 0 spiro atoms. The van der Waals surface area contributed by atoms with Crippen LogP contribution in [0.25, 0.3) is 0 Å². The summed E-state index contributed by atoms with van der Waals surface area (Å²) in [7, 11) is 1.77. The maximum absolute atomic E-state index is 14.0. The van der Waals surface area contributed by atoms with Gasteiger partial charge in [0.2, 0.25) is 0 Å². The number of piperazine rings is 1. The van der Waals surface area contributed by atoms with Crippen molar-refractivity contribution in [3.63, 3.8) is 0 Å². The van der Waals surface area contributed by atoms with E-state index in [1.165, 1.54) is 11.6 Å². The zero-order valence-electron chi connectivity index (χ0n) is 19.4. The highest BCUT2D eigenvalue weighted by Gasteiger charge is 2.26. The molecule has 0 aliphatic carbocycles. The Morgan fingerprint density at radius 3 is 2.67 bits per heavy atom. The average Bonchev–Trinajstić information content (AvgIpc) is 3.30. The highest BCUT2D eigenvalue weighted by Crippen LogP contribution is 2.21. The lowest BCUT2D eigenvalue weighted by Gasteiger charge is -2.34. The summed E-state index contributed by atoms with van der Waals surface area (Å²) in [6, 6.07) is 7.45. The van der Waals surface area contributed by atoms with Crippen molar-refractivity contribution < 1.29 is 4.39 Å². The van der Waals surface area contributed by atoms with E-state index in [-0.39, 0.29) is 35.8 Å². The van der Waals surface area contributed by atoms with Crippen LogP contribution in [0.4, 0.5) is 16.0 Å². The van der Waals surface area contributed by atoms with Gasteiger partial charge < -0.3 is 25.3 Å². The molecule has 4 heterocycles. The summed E-state index contributed by atoms with van der Waals surface area (Å²) in [5.41, 5.74) is 1.17. The Morgan fingerprint density at radius 1 is 1.12 bits per heavy atom. The molecule has 0 amide bonds. The number of nitrogens with zero attached hydrogens (tertiary/aromatic N) is 6. The molecule has 2 fully saturated rings. The molecule has 180 valence electrons. The van der Waals surface area contributed by atoms with Gasteiger partial charge in [0.25, 0.3) is 0 Å². The molecule has 2 aromatic heterocycles. The van der Waals surface area contributed by atoms with Crippen LogP contribution in [0.5, 0.6) is 0 Å². The van der Waals surface area contributed by atoms with Gasteiger partial charge in [0.1, 0.15) is 5.82 Å². The van der Waals surface area contributed by atoms with Crippen LogP contribution in [0.2, 0.25) is 0 Å². The maximum Gasteiger partial charge on any atom is 0.191 e. The standard InChI is InChI=1S/C23H33FN8.HI/c1-3-30-11-13-31(14-12-30)21-15-18(6-9-26-21)16-28-23(25-2)29-19-7-10-32(17-19)22-20(24)5-4-8-27-22;/h4-6,8-9,15,19H,3,7,10-14,16-17H2,1-2H3,(H2,25,28,29);1H. The number of halogens is 2. The fourth-order valence-corrected chi connectivity index (χ4v) is 4.29. The first-order valence-electron chi connectivity index (χ1n) is 11.4. The summed E-state index contributed by atoms with van der Waals surface area (Å²) in [5, 5.41) is 6.86. The molecule has 2 aliphatic rings. The monoisotopic (exact) mass is 568 g/mol. The van der Waals surface area contributed by atoms with E-state index in [4.69, 9.17) is 0 Å². The Bertz CT molecular complexity index is 919. The lowest BCUT2D eigenvalue weighted by atomic mass is 10.2. The zero-order valence-corrected chi connectivity index (χ0v) is 21.7. The second-order valence-corrected chi connectivity index (χ2v) is 8.25. The molecule has 1 atom stereocenters. The van der Waals surface area contributed by atoms with Crippen molar-refractivity contribution in [3.8, 4) is 0 Å². The van der Waals surface area contributed by atoms with E-state index < -0.39 is 0 Å². The van der Waals surface area contributed by atoms with E-state index >= 15 is 0 Å². The second kappa shape index (κ2) is 12.3. The van der Waals surface area contributed by atoms with Gasteiger partial charge in [0.05, 0.1) is 0 Å². The Morgan fingerprint density at radius 2 is 1.94 bits per heavy atom. The smallest absolute Gasteiger partial charge is 0.191 e. The van der Waals surface area contributed by atoms with Gasteiger partial charge in [-0.1, -0.05) is 6.92 Å². The van der Waals surface area contributed by atoms with Crippen molar-refractivity contribution in [2.45, 2.75) is 25.9 Å². The number of anilines is 2. The molecule has 1 unspecified atom stereocenters. The lowest BCUT2D eigenvalue weighted by Crippen LogP contribution is -2.46. The second-order valence-electron chi connectivity index (χ2n) is 8.25. The fraction of sp³-hybridized carbons (Fsp3) is 0.522. The number of nitrogens with one attached hydrogen (secondary N) is 2. The molecular formula is C23H34FIN8. The van der Waals surface area contributed by atoms with Gasteiger partial charge in [-0.25, -0.2) is 14.4 Å². The number of pyridine rings is 2. The van der Waals surface area contributed by atoms with Gasteiger partial charge in [-0.3, -0.25) is 4.99 Å². The van der Waals surface area contributed by atoms with Gasteiger partial charge in [-0.2, -0.15) is 0 Å². The fourth-order valence-electron chi connectivity index (χ4n) is 4.29. The third-order valence-corrected chi connectivity index (χ3v) is 6.20. The van der Waals surface area contributed by atoms with Gasteiger partial charge in [-0.15, -0.1) is 24.0 Å².